The molecule has 1 saturated heterocycles. The average Bonchev–Trinajstić information content (AvgIpc) is 3.14. The van der Waals surface area contributed by atoms with E-state index in [0.717, 1.165) is 46.0 Å². The maximum absolute atomic E-state index is 12.4. The lowest BCUT2D eigenvalue weighted by atomic mass is 9.96. The fraction of sp³-hybridized carbons (Fsp3) is 0.500. The SMILES string of the molecule is Cc1nc(-c2ccc(Cl)s2)sc1C(=O)NCCC1CCCNC1.Cl. The quantitative estimate of drug-likeness (QED) is 0.775. The first kappa shape index (κ1) is 19.7. The highest BCUT2D eigenvalue weighted by Gasteiger charge is 2.18. The highest BCUT2D eigenvalue weighted by molar-refractivity contribution is 7.24. The Balaban J connectivity index is 0.00000208. The predicted octanol–water partition coefficient (Wildman–Crippen LogP) is 4.37. The molecule has 1 fully saturated rings. The summed E-state index contributed by atoms with van der Waals surface area (Å²) >= 11 is 8.89. The lowest BCUT2D eigenvalue weighted by Gasteiger charge is -2.22. The third-order valence-electron chi connectivity index (χ3n) is 4.02. The summed E-state index contributed by atoms with van der Waals surface area (Å²) in [6, 6.07) is 3.80. The highest BCUT2D eigenvalue weighted by atomic mass is 35.5. The van der Waals surface area contributed by atoms with E-state index < -0.39 is 0 Å². The first-order valence-electron chi connectivity index (χ1n) is 7.85. The molecule has 1 unspecified atom stereocenters. The molecule has 4 nitrogen and oxygen atoms in total. The summed E-state index contributed by atoms with van der Waals surface area (Å²) < 4.78 is 0.736. The normalized spacial score (nSPS) is 17.3. The van der Waals surface area contributed by atoms with E-state index in [-0.39, 0.29) is 18.3 Å². The Morgan fingerprint density at radius 3 is 2.96 bits per heavy atom. The van der Waals surface area contributed by atoms with Crippen molar-refractivity contribution in [3.8, 4) is 9.88 Å². The number of carbonyl (C=O) groups is 1. The van der Waals surface area contributed by atoms with E-state index in [0.29, 0.717) is 10.8 Å². The molecular weight excluding hydrogens is 385 g/mol. The Morgan fingerprint density at radius 2 is 2.29 bits per heavy atom. The number of thiazole rings is 1. The van der Waals surface area contributed by atoms with E-state index in [1.807, 2.05) is 19.1 Å². The van der Waals surface area contributed by atoms with Gasteiger partial charge in [0.15, 0.2) is 0 Å². The minimum atomic E-state index is -0.0160. The van der Waals surface area contributed by atoms with Crippen molar-refractivity contribution >= 4 is 52.6 Å². The van der Waals surface area contributed by atoms with E-state index in [1.54, 1.807) is 0 Å². The smallest absolute Gasteiger partial charge is 0.263 e. The van der Waals surface area contributed by atoms with Crippen molar-refractivity contribution in [1.82, 2.24) is 15.6 Å². The molecule has 2 N–H and O–H groups in total. The van der Waals surface area contributed by atoms with Gasteiger partial charge in [0, 0.05) is 6.54 Å². The zero-order chi connectivity index (χ0) is 16.2. The number of rotatable bonds is 5. The lowest BCUT2D eigenvalue weighted by Crippen LogP contribution is -2.33. The number of nitrogens with one attached hydrogen (secondary N) is 2. The fourth-order valence-corrected chi connectivity index (χ4v) is 4.86. The van der Waals surface area contributed by atoms with Crippen LogP contribution in [0.3, 0.4) is 0 Å². The average molecular weight is 406 g/mol. The van der Waals surface area contributed by atoms with Gasteiger partial charge >= 0.3 is 0 Å². The summed E-state index contributed by atoms with van der Waals surface area (Å²) in [6.45, 7) is 4.80. The van der Waals surface area contributed by atoms with E-state index in [1.165, 1.54) is 35.5 Å². The summed E-state index contributed by atoms with van der Waals surface area (Å²) in [4.78, 5) is 18.6. The number of aromatic nitrogens is 1. The molecule has 0 aliphatic carbocycles. The first-order valence-corrected chi connectivity index (χ1v) is 9.86. The van der Waals surface area contributed by atoms with Crippen LogP contribution in [0.5, 0.6) is 0 Å². The molecular formula is C16H21Cl2N3OS2. The molecule has 3 rings (SSSR count). The van der Waals surface area contributed by atoms with Crippen molar-refractivity contribution in [2.24, 2.45) is 5.92 Å². The Kier molecular flexibility index (Phi) is 7.50. The van der Waals surface area contributed by atoms with Crippen LogP contribution in [0.2, 0.25) is 4.34 Å². The first-order chi connectivity index (χ1) is 11.1. The number of hydrogen-bond donors (Lipinski definition) is 2. The van der Waals surface area contributed by atoms with Gasteiger partial charge in [-0.05, 0) is 57.3 Å². The van der Waals surface area contributed by atoms with Gasteiger partial charge in [-0.1, -0.05) is 11.6 Å². The van der Waals surface area contributed by atoms with Crippen molar-refractivity contribution in [3.63, 3.8) is 0 Å². The molecule has 2 aromatic heterocycles. The summed E-state index contributed by atoms with van der Waals surface area (Å²) in [5.41, 5.74) is 0.784. The van der Waals surface area contributed by atoms with Gasteiger partial charge < -0.3 is 10.6 Å². The molecule has 24 heavy (non-hydrogen) atoms. The van der Waals surface area contributed by atoms with Gasteiger partial charge in [0.1, 0.15) is 9.88 Å². The molecule has 1 aliphatic rings. The van der Waals surface area contributed by atoms with Gasteiger partial charge in [0.05, 0.1) is 14.9 Å². The van der Waals surface area contributed by atoms with Crippen LogP contribution in [0.4, 0.5) is 0 Å². The van der Waals surface area contributed by atoms with Crippen LogP contribution in [0.1, 0.15) is 34.6 Å². The second-order valence-corrected chi connectivity index (χ2v) is 8.51. The molecule has 0 aromatic carbocycles. The van der Waals surface area contributed by atoms with E-state index in [4.69, 9.17) is 11.6 Å². The Labute approximate surface area is 161 Å². The second kappa shape index (κ2) is 9.15. The van der Waals surface area contributed by atoms with Crippen LogP contribution in [0.15, 0.2) is 12.1 Å². The maximum atomic E-state index is 12.4. The third-order valence-corrected chi connectivity index (χ3v) is 6.58. The van der Waals surface area contributed by atoms with Crippen LogP contribution in [0.25, 0.3) is 9.88 Å². The summed E-state index contributed by atoms with van der Waals surface area (Å²) in [5, 5.41) is 7.31. The molecule has 3 heterocycles. The topological polar surface area (TPSA) is 54.0 Å². The number of hydrogen-bond acceptors (Lipinski definition) is 5. The number of carbonyl (C=O) groups excluding carboxylic acids is 1. The summed E-state index contributed by atoms with van der Waals surface area (Å²) in [5.74, 6) is 0.660. The zero-order valence-electron chi connectivity index (χ0n) is 13.4. The molecule has 8 heteroatoms. The number of amides is 1. The van der Waals surface area contributed by atoms with Gasteiger partial charge in [0.25, 0.3) is 5.91 Å². The highest BCUT2D eigenvalue weighted by Crippen LogP contribution is 2.34. The Morgan fingerprint density at radius 1 is 1.46 bits per heavy atom. The number of halogens is 2. The maximum Gasteiger partial charge on any atom is 0.263 e. The van der Waals surface area contributed by atoms with Crippen LogP contribution >= 0.6 is 46.7 Å². The fourth-order valence-electron chi connectivity index (χ4n) is 2.78. The van der Waals surface area contributed by atoms with Crippen LogP contribution in [0, 0.1) is 12.8 Å². The molecule has 0 radical (unpaired) electrons. The monoisotopic (exact) mass is 405 g/mol. The Hall–Kier alpha value is -0.660. The van der Waals surface area contributed by atoms with E-state index in [9.17, 15) is 4.79 Å². The molecule has 0 saturated carbocycles. The summed E-state index contributed by atoms with van der Waals surface area (Å²) in [6.07, 6.45) is 3.52. The molecule has 1 aliphatic heterocycles. The number of aryl methyl sites for hydroxylation is 1. The second-order valence-electron chi connectivity index (χ2n) is 5.79. The van der Waals surface area contributed by atoms with Gasteiger partial charge in [0.2, 0.25) is 0 Å². The van der Waals surface area contributed by atoms with Crippen LogP contribution in [-0.2, 0) is 0 Å². The molecule has 132 valence electrons. The van der Waals surface area contributed by atoms with E-state index >= 15 is 0 Å². The Bertz CT molecular complexity index is 681. The predicted molar refractivity (Wildman–Crippen MR) is 105 cm³/mol. The third kappa shape index (κ3) is 4.92. The van der Waals surface area contributed by atoms with Crippen LogP contribution in [-0.4, -0.2) is 30.5 Å². The molecule has 2 aromatic rings. The molecule has 0 bridgehead atoms. The molecule has 0 spiro atoms. The minimum absolute atomic E-state index is 0. The molecule has 1 atom stereocenters. The minimum Gasteiger partial charge on any atom is -0.351 e. The van der Waals surface area contributed by atoms with Gasteiger partial charge in [-0.2, -0.15) is 0 Å². The van der Waals surface area contributed by atoms with Crippen molar-refractivity contribution in [2.75, 3.05) is 19.6 Å². The number of piperidine rings is 1. The van der Waals surface area contributed by atoms with Gasteiger partial charge in [-0.3, -0.25) is 4.79 Å². The van der Waals surface area contributed by atoms with Crippen LogP contribution < -0.4 is 10.6 Å². The standard InChI is InChI=1S/C16H20ClN3OS2.ClH/c1-10-14(23-16(20-10)12-4-5-13(17)22-12)15(21)19-8-6-11-3-2-7-18-9-11;/h4-5,11,18H,2-3,6-9H2,1H3,(H,19,21);1H. The van der Waals surface area contributed by atoms with Crippen molar-refractivity contribution in [2.45, 2.75) is 26.2 Å². The zero-order valence-corrected chi connectivity index (χ0v) is 16.6. The summed E-state index contributed by atoms with van der Waals surface area (Å²) in [7, 11) is 0. The van der Waals surface area contributed by atoms with Gasteiger partial charge in [-0.25, -0.2) is 4.98 Å². The molecule has 1 amide bonds. The number of thiophene rings is 1. The van der Waals surface area contributed by atoms with Crippen molar-refractivity contribution in [3.05, 3.63) is 27.0 Å². The van der Waals surface area contributed by atoms with E-state index in [2.05, 4.69) is 15.6 Å². The number of nitrogens with zero attached hydrogens (tertiary/aromatic N) is 1. The van der Waals surface area contributed by atoms with Gasteiger partial charge in [-0.15, -0.1) is 35.1 Å². The van der Waals surface area contributed by atoms with Crippen molar-refractivity contribution in [1.29, 1.82) is 0 Å². The largest absolute Gasteiger partial charge is 0.351 e. The van der Waals surface area contributed by atoms with Crippen molar-refractivity contribution < 1.29 is 4.79 Å². The lowest BCUT2D eigenvalue weighted by molar-refractivity contribution is 0.0954.